The molecule has 5 nitrogen and oxygen atoms in total. The van der Waals surface area contributed by atoms with Gasteiger partial charge in [0.2, 0.25) is 11.8 Å². The molecular weight excluding hydrogens is 383 g/mol. The average Bonchev–Trinajstić information content (AvgIpc) is 3.00. The number of fused-ring (bicyclic) bond motifs is 3. The SMILES string of the molecule is CC(=O)n1c2c(c3ccccc31)OC(N)=C(C#N)C2c1ccccc1C(F)(F)F. The first kappa shape index (κ1) is 18.6. The number of halogens is 3. The molecular formula is C21H14F3N3O2. The quantitative estimate of drug-likeness (QED) is 0.654. The van der Waals surface area contributed by atoms with Gasteiger partial charge in [0.15, 0.2) is 5.75 Å². The Labute approximate surface area is 163 Å². The summed E-state index contributed by atoms with van der Waals surface area (Å²) in [5, 5.41) is 10.2. The van der Waals surface area contributed by atoms with Crippen molar-refractivity contribution >= 4 is 16.8 Å². The number of para-hydroxylation sites is 1. The van der Waals surface area contributed by atoms with E-state index in [0.29, 0.717) is 10.9 Å². The summed E-state index contributed by atoms with van der Waals surface area (Å²) in [6.07, 6.45) is -4.66. The maximum Gasteiger partial charge on any atom is 0.416 e. The van der Waals surface area contributed by atoms with Crippen molar-refractivity contribution in [1.82, 2.24) is 4.57 Å². The van der Waals surface area contributed by atoms with Crippen LogP contribution in [0.2, 0.25) is 0 Å². The second-order valence-electron chi connectivity index (χ2n) is 6.60. The molecule has 1 aromatic heterocycles. The molecule has 3 aromatic rings. The number of aromatic nitrogens is 1. The van der Waals surface area contributed by atoms with Crippen molar-refractivity contribution in [2.75, 3.05) is 0 Å². The lowest BCUT2D eigenvalue weighted by molar-refractivity contribution is -0.138. The zero-order valence-corrected chi connectivity index (χ0v) is 15.1. The topological polar surface area (TPSA) is 81.0 Å². The lowest BCUT2D eigenvalue weighted by Crippen LogP contribution is -2.25. The van der Waals surface area contributed by atoms with Gasteiger partial charge in [-0.2, -0.15) is 18.4 Å². The summed E-state index contributed by atoms with van der Waals surface area (Å²) in [5.74, 6) is -1.74. The highest BCUT2D eigenvalue weighted by molar-refractivity contribution is 5.98. The van der Waals surface area contributed by atoms with Crippen molar-refractivity contribution in [3.8, 4) is 11.8 Å². The van der Waals surface area contributed by atoms with Crippen LogP contribution in [0.4, 0.5) is 13.2 Å². The highest BCUT2D eigenvalue weighted by Gasteiger charge is 2.42. The highest BCUT2D eigenvalue weighted by Crippen LogP contribution is 2.49. The fraction of sp³-hybridized carbons (Fsp3) is 0.143. The van der Waals surface area contributed by atoms with Gasteiger partial charge in [-0.05, 0) is 23.8 Å². The molecule has 146 valence electrons. The van der Waals surface area contributed by atoms with Crippen LogP contribution in [0, 0.1) is 11.3 Å². The molecule has 1 aliphatic rings. The molecule has 29 heavy (non-hydrogen) atoms. The Hall–Kier alpha value is -3.73. The van der Waals surface area contributed by atoms with Gasteiger partial charge in [0.1, 0.15) is 11.6 Å². The van der Waals surface area contributed by atoms with E-state index in [2.05, 4.69) is 0 Å². The molecule has 0 aliphatic carbocycles. The van der Waals surface area contributed by atoms with Crippen molar-refractivity contribution in [2.24, 2.45) is 5.73 Å². The van der Waals surface area contributed by atoms with Crippen LogP contribution in [0.3, 0.4) is 0 Å². The predicted molar refractivity (Wildman–Crippen MR) is 99.0 cm³/mol. The standard InChI is InChI=1S/C21H14F3N3O2/c1-11(28)27-16-9-5-3-7-13(16)19-18(27)17(14(10-25)20(26)29-19)12-6-2-4-8-15(12)21(22,23)24/h2-9,17H,26H2,1H3. The van der Waals surface area contributed by atoms with Crippen molar-refractivity contribution in [3.05, 3.63) is 76.8 Å². The molecule has 1 aliphatic heterocycles. The van der Waals surface area contributed by atoms with Crippen LogP contribution < -0.4 is 10.5 Å². The zero-order chi connectivity index (χ0) is 20.9. The molecule has 0 radical (unpaired) electrons. The molecule has 0 saturated heterocycles. The maximum atomic E-state index is 13.7. The molecule has 1 unspecified atom stereocenters. The van der Waals surface area contributed by atoms with Crippen LogP contribution >= 0.6 is 0 Å². The summed E-state index contributed by atoms with van der Waals surface area (Å²) >= 11 is 0. The van der Waals surface area contributed by atoms with E-state index in [0.717, 1.165) is 6.07 Å². The number of nitriles is 1. The van der Waals surface area contributed by atoms with E-state index in [1.54, 1.807) is 24.3 Å². The monoisotopic (exact) mass is 397 g/mol. The van der Waals surface area contributed by atoms with Gasteiger partial charge in [-0.15, -0.1) is 0 Å². The zero-order valence-electron chi connectivity index (χ0n) is 15.1. The Kier molecular flexibility index (Phi) is 4.12. The number of carbonyl (C=O) groups is 1. The van der Waals surface area contributed by atoms with Crippen molar-refractivity contribution in [1.29, 1.82) is 5.26 Å². The van der Waals surface area contributed by atoms with Gasteiger partial charge < -0.3 is 10.5 Å². The van der Waals surface area contributed by atoms with Crippen LogP contribution in [0.25, 0.3) is 10.9 Å². The van der Waals surface area contributed by atoms with Crippen molar-refractivity contribution in [3.63, 3.8) is 0 Å². The van der Waals surface area contributed by atoms with E-state index in [4.69, 9.17) is 10.5 Å². The number of allylic oxidation sites excluding steroid dienone is 1. The third-order valence-electron chi connectivity index (χ3n) is 4.92. The number of hydrogen-bond donors (Lipinski definition) is 1. The summed E-state index contributed by atoms with van der Waals surface area (Å²) in [6, 6.07) is 13.6. The average molecular weight is 397 g/mol. The second-order valence-corrected chi connectivity index (χ2v) is 6.60. The number of nitrogens with two attached hydrogens (primary N) is 1. The Morgan fingerprint density at radius 3 is 2.48 bits per heavy atom. The predicted octanol–water partition coefficient (Wildman–Crippen LogP) is 4.54. The summed E-state index contributed by atoms with van der Waals surface area (Å²) < 4.78 is 48.1. The molecule has 2 aromatic carbocycles. The number of ether oxygens (including phenoxy) is 1. The minimum Gasteiger partial charge on any atom is -0.438 e. The largest absolute Gasteiger partial charge is 0.438 e. The van der Waals surface area contributed by atoms with Gasteiger partial charge in [0.05, 0.1) is 22.7 Å². The molecule has 2 heterocycles. The molecule has 0 saturated carbocycles. The molecule has 0 spiro atoms. The van der Waals surface area contributed by atoms with E-state index in [9.17, 15) is 23.2 Å². The fourth-order valence-electron chi connectivity index (χ4n) is 3.81. The Morgan fingerprint density at radius 2 is 1.83 bits per heavy atom. The van der Waals surface area contributed by atoms with Gasteiger partial charge in [-0.3, -0.25) is 9.36 Å². The summed E-state index contributed by atoms with van der Waals surface area (Å²) in [6.45, 7) is 1.30. The number of benzene rings is 2. The Bertz CT molecular complexity index is 1230. The molecule has 0 fully saturated rings. The summed E-state index contributed by atoms with van der Waals surface area (Å²) in [4.78, 5) is 12.5. The van der Waals surface area contributed by atoms with E-state index >= 15 is 0 Å². The molecule has 1 atom stereocenters. The van der Waals surface area contributed by atoms with Gasteiger partial charge in [0, 0.05) is 12.3 Å². The van der Waals surface area contributed by atoms with Gasteiger partial charge >= 0.3 is 6.18 Å². The Balaban J connectivity index is 2.15. The van der Waals surface area contributed by atoms with Crippen molar-refractivity contribution in [2.45, 2.75) is 19.0 Å². The number of alkyl halides is 3. The number of carbonyl (C=O) groups excluding carboxylic acids is 1. The minimum atomic E-state index is -4.66. The number of rotatable bonds is 1. The lowest BCUT2D eigenvalue weighted by Gasteiger charge is -2.27. The molecule has 2 N–H and O–H groups in total. The van der Waals surface area contributed by atoms with Gasteiger partial charge in [-0.1, -0.05) is 30.3 Å². The highest BCUT2D eigenvalue weighted by atomic mass is 19.4. The first-order valence-electron chi connectivity index (χ1n) is 8.63. The number of hydrogen-bond acceptors (Lipinski definition) is 4. The third kappa shape index (κ3) is 2.74. The second kappa shape index (κ2) is 6.41. The van der Waals surface area contributed by atoms with Crippen molar-refractivity contribution < 1.29 is 22.7 Å². The van der Waals surface area contributed by atoms with Crippen LogP contribution in [-0.4, -0.2) is 10.5 Å². The fourth-order valence-corrected chi connectivity index (χ4v) is 3.81. The smallest absolute Gasteiger partial charge is 0.416 e. The van der Waals surface area contributed by atoms with E-state index in [1.165, 1.54) is 29.7 Å². The summed E-state index contributed by atoms with van der Waals surface area (Å²) in [7, 11) is 0. The molecule has 8 heteroatoms. The number of nitrogens with zero attached hydrogens (tertiary/aromatic N) is 2. The van der Waals surface area contributed by atoms with E-state index in [-0.39, 0.29) is 28.5 Å². The van der Waals surface area contributed by atoms with Crippen LogP contribution in [0.1, 0.15) is 34.5 Å². The third-order valence-corrected chi connectivity index (χ3v) is 4.92. The van der Waals surface area contributed by atoms with Gasteiger partial charge in [0.25, 0.3) is 0 Å². The van der Waals surface area contributed by atoms with Gasteiger partial charge in [-0.25, -0.2) is 0 Å². The van der Waals surface area contributed by atoms with Crippen LogP contribution in [0.5, 0.6) is 5.75 Å². The normalized spacial score (nSPS) is 16.3. The molecule has 0 bridgehead atoms. The lowest BCUT2D eigenvalue weighted by atomic mass is 9.84. The minimum absolute atomic E-state index is 0.154. The summed E-state index contributed by atoms with van der Waals surface area (Å²) in [5.41, 5.74) is 5.29. The first-order valence-corrected chi connectivity index (χ1v) is 8.63. The van der Waals surface area contributed by atoms with E-state index < -0.39 is 23.6 Å². The maximum absolute atomic E-state index is 13.7. The van der Waals surface area contributed by atoms with Crippen LogP contribution in [0.15, 0.2) is 60.0 Å². The first-order chi connectivity index (χ1) is 13.8. The Morgan fingerprint density at radius 1 is 1.17 bits per heavy atom. The molecule has 4 rings (SSSR count). The molecule has 0 amide bonds. The van der Waals surface area contributed by atoms with E-state index in [1.807, 2.05) is 6.07 Å². The van der Waals surface area contributed by atoms with Crippen LogP contribution in [-0.2, 0) is 6.18 Å².